The highest BCUT2D eigenvalue weighted by molar-refractivity contribution is 5.90. The first-order valence-corrected chi connectivity index (χ1v) is 5.36. The molecule has 0 radical (unpaired) electrons. The number of amides is 1. The summed E-state index contributed by atoms with van der Waals surface area (Å²) < 4.78 is 5.63. The lowest BCUT2D eigenvalue weighted by molar-refractivity contribution is 0.0993. The Labute approximate surface area is 93.8 Å². The van der Waals surface area contributed by atoms with Crippen molar-refractivity contribution in [1.29, 1.82) is 0 Å². The fourth-order valence-electron chi connectivity index (χ4n) is 1.87. The van der Waals surface area contributed by atoms with Gasteiger partial charge in [0.2, 0.25) is 5.88 Å². The molecule has 0 aliphatic heterocycles. The van der Waals surface area contributed by atoms with E-state index in [0.29, 0.717) is 5.88 Å². The van der Waals surface area contributed by atoms with Crippen LogP contribution < -0.4 is 16.2 Å². The summed E-state index contributed by atoms with van der Waals surface area (Å²) in [6.07, 6.45) is 2.97. The van der Waals surface area contributed by atoms with Crippen LogP contribution in [0.2, 0.25) is 0 Å². The van der Waals surface area contributed by atoms with E-state index in [2.05, 4.69) is 4.98 Å². The number of carbonyl (C=O) groups excluding carboxylic acids is 1. The van der Waals surface area contributed by atoms with Gasteiger partial charge in [0, 0.05) is 12.1 Å². The lowest BCUT2D eigenvalue weighted by Crippen LogP contribution is -2.33. The van der Waals surface area contributed by atoms with Crippen molar-refractivity contribution in [3.63, 3.8) is 0 Å². The molecule has 4 N–H and O–H groups in total. The highest BCUT2D eigenvalue weighted by atomic mass is 16.5. The molecule has 1 fully saturated rings. The maximum atomic E-state index is 10.9. The van der Waals surface area contributed by atoms with Crippen LogP contribution in [0.3, 0.4) is 0 Å². The number of carbonyl (C=O) groups is 1. The topological polar surface area (TPSA) is 91.2 Å². The van der Waals surface area contributed by atoms with Gasteiger partial charge in [0.05, 0.1) is 0 Å². The molecule has 1 saturated carbocycles. The maximum Gasteiger partial charge on any atom is 0.267 e. The minimum atomic E-state index is -0.554. The molecule has 5 heteroatoms. The smallest absolute Gasteiger partial charge is 0.267 e. The Hall–Kier alpha value is -1.62. The normalized spacial score (nSPS) is 24.3. The molecule has 0 aromatic carbocycles. The Bertz CT molecular complexity index is 395. The molecule has 2 rings (SSSR count). The van der Waals surface area contributed by atoms with Gasteiger partial charge in [0.1, 0.15) is 11.8 Å². The maximum absolute atomic E-state index is 10.9. The van der Waals surface area contributed by atoms with E-state index in [9.17, 15) is 4.79 Å². The quantitative estimate of drug-likeness (QED) is 0.774. The average molecular weight is 221 g/mol. The van der Waals surface area contributed by atoms with Crippen LogP contribution in [-0.4, -0.2) is 23.0 Å². The second kappa shape index (κ2) is 4.49. The molecule has 0 saturated heterocycles. The Morgan fingerprint density at radius 1 is 1.44 bits per heavy atom. The predicted molar refractivity (Wildman–Crippen MR) is 59.0 cm³/mol. The van der Waals surface area contributed by atoms with Crippen LogP contribution in [0.25, 0.3) is 0 Å². The third-order valence-corrected chi connectivity index (χ3v) is 2.75. The molecule has 2 atom stereocenters. The number of hydrogen-bond acceptors (Lipinski definition) is 4. The number of pyridine rings is 1. The van der Waals surface area contributed by atoms with Gasteiger partial charge >= 0.3 is 0 Å². The SMILES string of the molecule is NC(=O)c1cccc(OC2CCCC2N)n1. The zero-order chi connectivity index (χ0) is 11.5. The minimum absolute atomic E-state index is 0.00405. The fraction of sp³-hybridized carbons (Fsp3) is 0.455. The van der Waals surface area contributed by atoms with Gasteiger partial charge in [0.15, 0.2) is 0 Å². The van der Waals surface area contributed by atoms with Crippen molar-refractivity contribution in [2.45, 2.75) is 31.4 Å². The van der Waals surface area contributed by atoms with E-state index < -0.39 is 5.91 Å². The summed E-state index contributed by atoms with van der Waals surface area (Å²) in [6, 6.07) is 5.02. The Morgan fingerprint density at radius 3 is 2.88 bits per heavy atom. The zero-order valence-corrected chi connectivity index (χ0v) is 8.93. The number of primary amides is 1. The largest absolute Gasteiger partial charge is 0.473 e. The van der Waals surface area contributed by atoms with Crippen LogP contribution in [-0.2, 0) is 0 Å². The van der Waals surface area contributed by atoms with Gasteiger partial charge in [-0.2, -0.15) is 0 Å². The summed E-state index contributed by atoms with van der Waals surface area (Å²) in [4.78, 5) is 15.0. The third-order valence-electron chi connectivity index (χ3n) is 2.75. The molecule has 0 spiro atoms. The Kier molecular flexibility index (Phi) is 3.05. The summed E-state index contributed by atoms with van der Waals surface area (Å²) in [6.45, 7) is 0. The minimum Gasteiger partial charge on any atom is -0.473 e. The summed E-state index contributed by atoms with van der Waals surface area (Å²) >= 11 is 0. The first-order chi connectivity index (χ1) is 7.66. The van der Waals surface area contributed by atoms with Crippen molar-refractivity contribution in [2.24, 2.45) is 11.5 Å². The molecule has 1 aliphatic carbocycles. The molecule has 0 bridgehead atoms. The Morgan fingerprint density at radius 2 is 2.25 bits per heavy atom. The van der Waals surface area contributed by atoms with Crippen molar-refractivity contribution in [2.75, 3.05) is 0 Å². The van der Waals surface area contributed by atoms with E-state index >= 15 is 0 Å². The van der Waals surface area contributed by atoms with Crippen LogP contribution in [0.1, 0.15) is 29.8 Å². The second-order valence-electron chi connectivity index (χ2n) is 3.98. The molecule has 1 aliphatic rings. The number of rotatable bonds is 3. The van der Waals surface area contributed by atoms with Crippen LogP contribution >= 0.6 is 0 Å². The summed E-state index contributed by atoms with van der Waals surface area (Å²) in [5.74, 6) is -0.139. The summed E-state index contributed by atoms with van der Waals surface area (Å²) in [5.41, 5.74) is 11.2. The van der Waals surface area contributed by atoms with Crippen molar-refractivity contribution >= 4 is 5.91 Å². The molecule has 1 amide bonds. The van der Waals surface area contributed by atoms with Crippen LogP contribution in [0.15, 0.2) is 18.2 Å². The van der Waals surface area contributed by atoms with E-state index in [1.54, 1.807) is 18.2 Å². The second-order valence-corrected chi connectivity index (χ2v) is 3.98. The predicted octanol–water partition coefficient (Wildman–Crippen LogP) is 0.439. The number of ether oxygens (including phenoxy) is 1. The molecule has 2 unspecified atom stereocenters. The average Bonchev–Trinajstić information content (AvgIpc) is 2.65. The van der Waals surface area contributed by atoms with Crippen molar-refractivity contribution in [3.8, 4) is 5.88 Å². The Balaban J connectivity index is 2.09. The van der Waals surface area contributed by atoms with Gasteiger partial charge in [-0.25, -0.2) is 4.98 Å². The van der Waals surface area contributed by atoms with Gasteiger partial charge in [-0.05, 0) is 25.3 Å². The molecule has 1 aromatic rings. The molecule has 5 nitrogen and oxygen atoms in total. The van der Waals surface area contributed by atoms with E-state index in [1.807, 2.05) is 0 Å². The van der Waals surface area contributed by atoms with Crippen molar-refractivity contribution < 1.29 is 9.53 Å². The van der Waals surface area contributed by atoms with E-state index in [-0.39, 0.29) is 17.8 Å². The van der Waals surface area contributed by atoms with Crippen molar-refractivity contribution in [3.05, 3.63) is 23.9 Å². The first kappa shape index (κ1) is 10.9. The molecular weight excluding hydrogens is 206 g/mol. The first-order valence-electron chi connectivity index (χ1n) is 5.36. The molecule has 86 valence electrons. The lowest BCUT2D eigenvalue weighted by atomic mass is 10.2. The van der Waals surface area contributed by atoms with Crippen LogP contribution in [0.4, 0.5) is 0 Å². The molecule has 1 heterocycles. The highest BCUT2D eigenvalue weighted by Gasteiger charge is 2.25. The number of aromatic nitrogens is 1. The molecule has 1 aromatic heterocycles. The lowest BCUT2D eigenvalue weighted by Gasteiger charge is -2.16. The highest BCUT2D eigenvalue weighted by Crippen LogP contribution is 2.22. The summed E-state index contributed by atoms with van der Waals surface area (Å²) in [7, 11) is 0. The fourth-order valence-corrected chi connectivity index (χ4v) is 1.87. The monoisotopic (exact) mass is 221 g/mol. The standard InChI is InChI=1S/C11H15N3O2/c12-7-3-1-5-9(7)16-10-6-2-4-8(14-10)11(13)15/h2,4,6-7,9H,1,3,5,12H2,(H2,13,15). The summed E-state index contributed by atoms with van der Waals surface area (Å²) in [5, 5.41) is 0. The van der Waals surface area contributed by atoms with Crippen LogP contribution in [0, 0.1) is 0 Å². The van der Waals surface area contributed by atoms with E-state index in [0.717, 1.165) is 19.3 Å². The number of hydrogen-bond donors (Lipinski definition) is 2. The van der Waals surface area contributed by atoms with Gasteiger partial charge in [-0.3, -0.25) is 4.79 Å². The van der Waals surface area contributed by atoms with E-state index in [4.69, 9.17) is 16.2 Å². The van der Waals surface area contributed by atoms with Gasteiger partial charge < -0.3 is 16.2 Å². The number of nitrogens with zero attached hydrogens (tertiary/aromatic N) is 1. The van der Waals surface area contributed by atoms with Gasteiger partial charge in [-0.15, -0.1) is 0 Å². The van der Waals surface area contributed by atoms with Gasteiger partial charge in [0.25, 0.3) is 5.91 Å². The number of nitrogens with two attached hydrogens (primary N) is 2. The van der Waals surface area contributed by atoms with Crippen LogP contribution in [0.5, 0.6) is 5.88 Å². The molecule has 16 heavy (non-hydrogen) atoms. The van der Waals surface area contributed by atoms with E-state index in [1.165, 1.54) is 0 Å². The molecular formula is C11H15N3O2. The zero-order valence-electron chi connectivity index (χ0n) is 8.93. The van der Waals surface area contributed by atoms with Gasteiger partial charge in [-0.1, -0.05) is 6.07 Å². The third kappa shape index (κ3) is 2.30. The van der Waals surface area contributed by atoms with Crippen molar-refractivity contribution in [1.82, 2.24) is 4.98 Å².